The Morgan fingerprint density at radius 1 is 1.25 bits per heavy atom. The van der Waals surface area contributed by atoms with Crippen molar-refractivity contribution in [3.8, 4) is 5.75 Å². The lowest BCUT2D eigenvalue weighted by molar-refractivity contribution is 0.411. The fourth-order valence-corrected chi connectivity index (χ4v) is 4.83. The fourth-order valence-electron chi connectivity index (χ4n) is 2.24. The zero-order valence-corrected chi connectivity index (χ0v) is 16.3. The molecule has 0 unspecified atom stereocenters. The molecular weight excluding hydrogens is 462 g/mol. The molecule has 0 amide bonds. The number of sulfonamides is 1. The average Bonchev–Trinajstić information content (AvgIpc) is 2.79. The Balaban J connectivity index is 1.89. The van der Waals surface area contributed by atoms with E-state index in [2.05, 4.69) is 46.8 Å². The maximum atomic E-state index is 12.0. The van der Waals surface area contributed by atoms with Crippen molar-refractivity contribution in [3.05, 3.63) is 56.5 Å². The van der Waals surface area contributed by atoms with Crippen molar-refractivity contribution in [2.75, 3.05) is 7.11 Å². The van der Waals surface area contributed by atoms with Gasteiger partial charge in [0.15, 0.2) is 5.84 Å². The minimum atomic E-state index is -3.66. The van der Waals surface area contributed by atoms with E-state index in [4.69, 9.17) is 4.74 Å². The number of hydrogen-bond donors (Lipinski definition) is 1. The van der Waals surface area contributed by atoms with E-state index in [0.29, 0.717) is 16.9 Å². The Kier molecular flexibility index (Phi) is 4.75. The summed E-state index contributed by atoms with van der Waals surface area (Å²) in [5.74, 6) is 0.806. The number of nitrogens with zero attached hydrogens (tertiary/aromatic N) is 2. The number of hydrogen-bond acceptors (Lipinski definition) is 5. The lowest BCUT2D eigenvalue weighted by Crippen LogP contribution is -2.17. The van der Waals surface area contributed by atoms with E-state index in [-0.39, 0.29) is 10.7 Å². The fraction of sp³-hybridized carbons (Fsp3) is 0.0667. The monoisotopic (exact) mass is 471 g/mol. The van der Waals surface area contributed by atoms with Crippen LogP contribution in [0.15, 0.2) is 59.7 Å². The molecule has 1 heterocycles. The molecular formula is C15H11Br2N3O3S. The van der Waals surface area contributed by atoms with E-state index in [9.17, 15) is 8.42 Å². The Morgan fingerprint density at radius 3 is 2.75 bits per heavy atom. The van der Waals surface area contributed by atoms with E-state index >= 15 is 0 Å². The molecule has 1 N–H and O–H groups in total. The number of halogens is 2. The first kappa shape index (κ1) is 17.1. The summed E-state index contributed by atoms with van der Waals surface area (Å²) in [5.41, 5.74) is 3.89. The summed E-state index contributed by atoms with van der Waals surface area (Å²) in [7, 11) is -2.11. The van der Waals surface area contributed by atoms with Crippen LogP contribution < -0.4 is 10.2 Å². The Bertz CT molecular complexity index is 972. The first-order valence-corrected chi connectivity index (χ1v) is 9.71. The third kappa shape index (κ3) is 3.24. The summed E-state index contributed by atoms with van der Waals surface area (Å²) in [6.07, 6.45) is 1.53. The molecule has 0 aliphatic carbocycles. The summed E-state index contributed by atoms with van der Waals surface area (Å²) in [6.45, 7) is 0. The molecule has 2 aromatic rings. The summed E-state index contributed by atoms with van der Waals surface area (Å²) in [6, 6.07) is 10.3. The number of fused-ring (bicyclic) bond motifs is 1. The summed E-state index contributed by atoms with van der Waals surface area (Å²) in [5, 5.41) is 4.09. The van der Waals surface area contributed by atoms with Gasteiger partial charge in [0.05, 0.1) is 17.8 Å². The van der Waals surface area contributed by atoms with Crippen molar-refractivity contribution in [2.45, 2.75) is 4.90 Å². The van der Waals surface area contributed by atoms with E-state index in [1.54, 1.807) is 25.3 Å². The number of benzene rings is 2. The van der Waals surface area contributed by atoms with Crippen molar-refractivity contribution in [1.29, 1.82) is 0 Å². The Morgan fingerprint density at radius 2 is 2.00 bits per heavy atom. The van der Waals surface area contributed by atoms with Crippen LogP contribution in [0.2, 0.25) is 0 Å². The van der Waals surface area contributed by atoms with Crippen molar-refractivity contribution < 1.29 is 13.2 Å². The highest BCUT2D eigenvalue weighted by Gasteiger charge is 2.28. The van der Waals surface area contributed by atoms with E-state index in [0.717, 1.165) is 8.95 Å². The molecule has 0 bridgehead atoms. The number of methoxy groups -OCH3 is 1. The normalized spacial score (nSPS) is 15.2. The smallest absolute Gasteiger partial charge is 0.285 e. The average molecular weight is 473 g/mol. The molecule has 24 heavy (non-hydrogen) atoms. The molecule has 0 saturated carbocycles. The Hall–Kier alpha value is -1.71. The molecule has 0 radical (unpaired) electrons. The van der Waals surface area contributed by atoms with Crippen molar-refractivity contribution >= 4 is 53.9 Å². The predicted octanol–water partition coefficient (Wildman–Crippen LogP) is 3.29. The van der Waals surface area contributed by atoms with Gasteiger partial charge in [0.25, 0.3) is 10.0 Å². The highest BCUT2D eigenvalue weighted by molar-refractivity contribution is 9.11. The largest absolute Gasteiger partial charge is 0.495 e. The molecule has 0 aromatic heterocycles. The van der Waals surface area contributed by atoms with E-state index in [1.807, 2.05) is 12.1 Å². The van der Waals surface area contributed by atoms with Crippen molar-refractivity contribution in [2.24, 2.45) is 9.50 Å². The number of ether oxygens (including phenoxy) is 1. The quantitative estimate of drug-likeness (QED) is 0.549. The van der Waals surface area contributed by atoms with Crippen LogP contribution in [0.5, 0.6) is 5.75 Å². The molecule has 2 aromatic carbocycles. The highest BCUT2D eigenvalue weighted by Crippen LogP contribution is 2.31. The van der Waals surface area contributed by atoms with Crippen molar-refractivity contribution in [1.82, 2.24) is 5.43 Å². The maximum absolute atomic E-state index is 12.0. The van der Waals surface area contributed by atoms with Crippen molar-refractivity contribution in [3.63, 3.8) is 0 Å². The molecule has 0 saturated heterocycles. The lowest BCUT2D eigenvalue weighted by atomic mass is 10.2. The van der Waals surface area contributed by atoms with Gasteiger partial charge in [-0.1, -0.05) is 28.1 Å². The van der Waals surface area contributed by atoms with Gasteiger partial charge in [-0.25, -0.2) is 0 Å². The second-order valence-corrected chi connectivity index (χ2v) is 8.13. The number of amidine groups is 1. The van der Waals surface area contributed by atoms with E-state index < -0.39 is 10.0 Å². The van der Waals surface area contributed by atoms with Crippen LogP contribution in [-0.4, -0.2) is 27.6 Å². The molecule has 3 rings (SSSR count). The van der Waals surface area contributed by atoms with Gasteiger partial charge in [0.2, 0.25) is 0 Å². The Labute approximate surface area is 155 Å². The maximum Gasteiger partial charge on any atom is 0.285 e. The van der Waals surface area contributed by atoms with Crippen LogP contribution in [0, 0.1) is 0 Å². The van der Waals surface area contributed by atoms with Crippen LogP contribution >= 0.6 is 31.9 Å². The van der Waals surface area contributed by atoms with Crippen LogP contribution in [0.25, 0.3) is 0 Å². The topological polar surface area (TPSA) is 80.1 Å². The molecule has 0 fully saturated rings. The molecule has 9 heteroatoms. The van der Waals surface area contributed by atoms with Crippen LogP contribution in [0.3, 0.4) is 0 Å². The SMILES string of the molecule is COc1c(Br)cc(Br)cc1/C=N/NC1=NS(=O)(=O)c2ccccc21. The number of nitrogens with one attached hydrogen (secondary N) is 1. The van der Waals surface area contributed by atoms with Crippen LogP contribution in [0.1, 0.15) is 11.1 Å². The minimum absolute atomic E-state index is 0.172. The molecule has 0 atom stereocenters. The van der Waals surface area contributed by atoms with Gasteiger partial charge >= 0.3 is 0 Å². The third-order valence-corrected chi connectivity index (χ3v) is 5.63. The minimum Gasteiger partial charge on any atom is -0.495 e. The number of rotatable bonds is 3. The van der Waals surface area contributed by atoms with Gasteiger partial charge < -0.3 is 4.74 Å². The molecule has 6 nitrogen and oxygen atoms in total. The summed E-state index contributed by atoms with van der Waals surface area (Å²) in [4.78, 5) is 0.172. The molecule has 124 valence electrons. The molecule has 1 aliphatic rings. The van der Waals surface area contributed by atoms with Gasteiger partial charge in [0.1, 0.15) is 10.6 Å². The zero-order valence-electron chi connectivity index (χ0n) is 12.3. The van der Waals surface area contributed by atoms with Crippen LogP contribution in [-0.2, 0) is 10.0 Å². The number of hydrazone groups is 1. The summed E-state index contributed by atoms with van der Waals surface area (Å²) >= 11 is 6.81. The standard InChI is InChI=1S/C15H11Br2N3O3S/c1-23-14-9(6-10(16)7-12(14)17)8-18-19-15-11-4-2-3-5-13(11)24(21,22)20-15/h2-8H,1H3,(H,19,20)/b18-8+. The van der Waals surface area contributed by atoms with E-state index in [1.165, 1.54) is 12.3 Å². The second kappa shape index (κ2) is 6.66. The lowest BCUT2D eigenvalue weighted by Gasteiger charge is -2.08. The second-order valence-electron chi connectivity index (χ2n) is 4.79. The first-order valence-electron chi connectivity index (χ1n) is 6.69. The summed E-state index contributed by atoms with van der Waals surface area (Å²) < 4.78 is 34.6. The zero-order chi connectivity index (χ0) is 17.3. The highest BCUT2D eigenvalue weighted by atomic mass is 79.9. The van der Waals surface area contributed by atoms with Crippen LogP contribution in [0.4, 0.5) is 0 Å². The molecule has 1 aliphatic heterocycles. The van der Waals surface area contributed by atoms with Gasteiger partial charge in [-0.15, -0.1) is 4.40 Å². The first-order chi connectivity index (χ1) is 11.4. The van der Waals surface area contributed by atoms with Gasteiger partial charge in [-0.3, -0.25) is 5.43 Å². The van der Waals surface area contributed by atoms with Gasteiger partial charge in [0, 0.05) is 15.6 Å². The van der Waals surface area contributed by atoms with Gasteiger partial charge in [-0.05, 0) is 40.2 Å². The third-order valence-electron chi connectivity index (χ3n) is 3.25. The van der Waals surface area contributed by atoms with Gasteiger partial charge in [-0.2, -0.15) is 13.5 Å². The molecule has 0 spiro atoms. The predicted molar refractivity (Wildman–Crippen MR) is 99.3 cm³/mol.